The monoisotopic (exact) mass is 280 g/mol. The van der Waals surface area contributed by atoms with Crippen molar-refractivity contribution < 1.29 is 4.79 Å². The molecule has 0 spiro atoms. The Kier molecular flexibility index (Phi) is 3.90. The van der Waals surface area contributed by atoms with E-state index in [2.05, 4.69) is 5.32 Å². The molecule has 0 heterocycles. The van der Waals surface area contributed by atoms with Gasteiger partial charge in [-0.2, -0.15) is 5.26 Å². The molecule has 0 unspecified atom stereocenters. The summed E-state index contributed by atoms with van der Waals surface area (Å²) < 4.78 is 0. The average molecular weight is 281 g/mol. The summed E-state index contributed by atoms with van der Waals surface area (Å²) in [4.78, 5) is 12.1. The van der Waals surface area contributed by atoms with Crippen LogP contribution in [-0.2, 0) is 0 Å². The molecule has 0 radical (unpaired) electrons. The minimum atomic E-state index is -0.396. The number of carbonyl (C=O) groups excluding carboxylic acids is 1. The van der Waals surface area contributed by atoms with Crippen molar-refractivity contribution in [3.05, 3.63) is 45.6 Å². The van der Waals surface area contributed by atoms with E-state index in [1.54, 1.807) is 6.07 Å². The van der Waals surface area contributed by atoms with Gasteiger partial charge in [0.05, 0.1) is 5.02 Å². The van der Waals surface area contributed by atoms with Crippen molar-refractivity contribution in [2.24, 2.45) is 0 Å². The van der Waals surface area contributed by atoms with Gasteiger partial charge in [0.2, 0.25) is 5.78 Å². The summed E-state index contributed by atoms with van der Waals surface area (Å²) in [5.41, 5.74) is 0.331. The molecule has 0 bridgehead atoms. The van der Waals surface area contributed by atoms with E-state index in [0.717, 1.165) is 12.8 Å². The standard InChI is InChI=1S/C13H10Cl2N2O/c14-9-1-4-11(12(15)5-9)13(18)8(6-16)7-17-10-2-3-10/h1,4-5,7,10,17H,2-3H2. The molecule has 2 rings (SSSR count). The van der Waals surface area contributed by atoms with Crippen molar-refractivity contribution in [2.75, 3.05) is 0 Å². The molecule has 0 saturated heterocycles. The molecular weight excluding hydrogens is 271 g/mol. The summed E-state index contributed by atoms with van der Waals surface area (Å²) in [6, 6.07) is 6.86. The Morgan fingerprint density at radius 2 is 2.17 bits per heavy atom. The van der Waals surface area contributed by atoms with Gasteiger partial charge >= 0.3 is 0 Å². The second-order valence-corrected chi connectivity index (χ2v) is 4.91. The van der Waals surface area contributed by atoms with Crippen LogP contribution in [0.3, 0.4) is 0 Å². The van der Waals surface area contributed by atoms with Crippen molar-refractivity contribution in [1.29, 1.82) is 5.26 Å². The molecule has 0 aliphatic heterocycles. The highest BCUT2D eigenvalue weighted by molar-refractivity contribution is 6.37. The Balaban J connectivity index is 2.22. The third-order valence-corrected chi connectivity index (χ3v) is 3.13. The van der Waals surface area contributed by atoms with Crippen molar-refractivity contribution in [2.45, 2.75) is 18.9 Å². The summed E-state index contributed by atoms with van der Waals surface area (Å²) in [6.45, 7) is 0. The maximum atomic E-state index is 12.1. The van der Waals surface area contributed by atoms with Crippen LogP contribution < -0.4 is 5.32 Å². The SMILES string of the molecule is N#CC(=CNC1CC1)C(=O)c1ccc(Cl)cc1Cl. The third-order valence-electron chi connectivity index (χ3n) is 2.58. The molecule has 1 fully saturated rings. The van der Waals surface area contributed by atoms with Gasteiger partial charge in [0.25, 0.3) is 0 Å². The Morgan fingerprint density at radius 3 is 2.72 bits per heavy atom. The molecule has 0 amide bonds. The van der Waals surface area contributed by atoms with E-state index < -0.39 is 5.78 Å². The van der Waals surface area contributed by atoms with Gasteiger partial charge in [-0.3, -0.25) is 4.79 Å². The highest BCUT2D eigenvalue weighted by atomic mass is 35.5. The van der Waals surface area contributed by atoms with Crippen LogP contribution in [0.2, 0.25) is 10.0 Å². The first-order chi connectivity index (χ1) is 8.61. The number of halogens is 2. The Labute approximate surface area is 115 Å². The van der Waals surface area contributed by atoms with Crippen LogP contribution in [0, 0.1) is 11.3 Å². The van der Waals surface area contributed by atoms with Crippen molar-refractivity contribution >= 4 is 29.0 Å². The minimum Gasteiger partial charge on any atom is -0.387 e. The van der Waals surface area contributed by atoms with E-state index >= 15 is 0 Å². The molecule has 1 aliphatic rings. The molecule has 0 atom stereocenters. The highest BCUT2D eigenvalue weighted by Gasteiger charge is 2.21. The number of nitrogens with zero attached hydrogens (tertiary/aromatic N) is 1. The topological polar surface area (TPSA) is 52.9 Å². The van der Waals surface area contributed by atoms with E-state index in [9.17, 15) is 4.79 Å². The van der Waals surface area contributed by atoms with Crippen LogP contribution in [0.1, 0.15) is 23.2 Å². The zero-order valence-electron chi connectivity index (χ0n) is 9.41. The Morgan fingerprint density at radius 1 is 1.44 bits per heavy atom. The van der Waals surface area contributed by atoms with Gasteiger partial charge in [-0.05, 0) is 31.0 Å². The van der Waals surface area contributed by atoms with E-state index in [1.165, 1.54) is 18.3 Å². The molecule has 1 saturated carbocycles. The summed E-state index contributed by atoms with van der Waals surface area (Å²) in [6.07, 6.45) is 3.61. The molecule has 1 aromatic carbocycles. The zero-order valence-corrected chi connectivity index (χ0v) is 10.9. The average Bonchev–Trinajstić information content (AvgIpc) is 3.13. The third kappa shape index (κ3) is 3.04. The fourth-order valence-corrected chi connectivity index (χ4v) is 1.91. The van der Waals surface area contributed by atoms with Crippen LogP contribution >= 0.6 is 23.2 Å². The number of carbonyl (C=O) groups is 1. The van der Waals surface area contributed by atoms with E-state index in [4.69, 9.17) is 28.5 Å². The maximum absolute atomic E-state index is 12.1. The number of nitriles is 1. The quantitative estimate of drug-likeness (QED) is 0.523. The molecule has 1 aliphatic carbocycles. The number of Topliss-reactive ketones (excluding diaryl/α,β-unsaturated/α-hetero) is 1. The van der Waals surface area contributed by atoms with Gasteiger partial charge in [0.15, 0.2) is 0 Å². The van der Waals surface area contributed by atoms with Gasteiger partial charge in [0, 0.05) is 22.8 Å². The molecule has 18 heavy (non-hydrogen) atoms. The highest BCUT2D eigenvalue weighted by Crippen LogP contribution is 2.23. The molecular formula is C13H10Cl2N2O. The predicted octanol–water partition coefficient (Wildman–Crippen LogP) is 3.34. The first-order valence-corrected chi connectivity index (χ1v) is 6.23. The Hall–Kier alpha value is -1.50. The van der Waals surface area contributed by atoms with Gasteiger partial charge < -0.3 is 5.32 Å². The van der Waals surface area contributed by atoms with E-state index in [0.29, 0.717) is 11.1 Å². The van der Waals surface area contributed by atoms with Crippen molar-refractivity contribution in [1.82, 2.24) is 5.32 Å². The van der Waals surface area contributed by atoms with Gasteiger partial charge in [-0.1, -0.05) is 23.2 Å². The summed E-state index contributed by atoms with van der Waals surface area (Å²) >= 11 is 11.7. The first kappa shape index (κ1) is 12.9. The lowest BCUT2D eigenvalue weighted by Crippen LogP contribution is -2.12. The lowest BCUT2D eigenvalue weighted by Gasteiger charge is -2.03. The second kappa shape index (κ2) is 5.43. The maximum Gasteiger partial charge on any atom is 0.206 e. The fraction of sp³-hybridized carbons (Fsp3) is 0.231. The number of hydrogen-bond acceptors (Lipinski definition) is 3. The summed E-state index contributed by atoms with van der Waals surface area (Å²) in [5.74, 6) is -0.396. The van der Waals surface area contributed by atoms with Gasteiger partial charge in [-0.15, -0.1) is 0 Å². The molecule has 5 heteroatoms. The van der Waals surface area contributed by atoms with Gasteiger partial charge in [-0.25, -0.2) is 0 Å². The second-order valence-electron chi connectivity index (χ2n) is 4.06. The first-order valence-electron chi connectivity index (χ1n) is 5.48. The van der Waals surface area contributed by atoms with Crippen LogP contribution in [0.25, 0.3) is 0 Å². The number of allylic oxidation sites excluding steroid dienone is 1. The lowest BCUT2D eigenvalue weighted by atomic mass is 10.1. The fourth-order valence-electron chi connectivity index (χ4n) is 1.42. The van der Waals surface area contributed by atoms with Crippen LogP contribution in [-0.4, -0.2) is 11.8 Å². The normalized spacial score (nSPS) is 15.1. The van der Waals surface area contributed by atoms with Gasteiger partial charge in [0.1, 0.15) is 11.6 Å². The molecule has 0 aromatic heterocycles. The lowest BCUT2D eigenvalue weighted by molar-refractivity contribution is 0.103. The van der Waals surface area contributed by atoms with Crippen LogP contribution in [0.4, 0.5) is 0 Å². The predicted molar refractivity (Wildman–Crippen MR) is 70.6 cm³/mol. The van der Waals surface area contributed by atoms with Crippen molar-refractivity contribution in [3.8, 4) is 6.07 Å². The number of nitrogens with one attached hydrogen (secondary N) is 1. The molecule has 1 aromatic rings. The largest absolute Gasteiger partial charge is 0.387 e. The smallest absolute Gasteiger partial charge is 0.206 e. The number of rotatable bonds is 4. The number of benzene rings is 1. The summed E-state index contributed by atoms with van der Waals surface area (Å²) in [7, 11) is 0. The molecule has 3 nitrogen and oxygen atoms in total. The molecule has 92 valence electrons. The van der Waals surface area contributed by atoms with Crippen LogP contribution in [0.5, 0.6) is 0 Å². The number of hydrogen-bond donors (Lipinski definition) is 1. The zero-order chi connectivity index (χ0) is 13.1. The van der Waals surface area contributed by atoms with E-state index in [1.807, 2.05) is 6.07 Å². The van der Waals surface area contributed by atoms with Crippen molar-refractivity contribution in [3.63, 3.8) is 0 Å². The van der Waals surface area contributed by atoms with E-state index in [-0.39, 0.29) is 16.2 Å². The van der Waals surface area contributed by atoms with Crippen LogP contribution in [0.15, 0.2) is 30.0 Å². The Bertz CT molecular complexity index is 557. The summed E-state index contributed by atoms with van der Waals surface area (Å²) in [5, 5.41) is 12.7. The minimum absolute atomic E-state index is 0.0473. The molecule has 1 N–H and O–H groups in total. The number of ketones is 1.